The van der Waals surface area contributed by atoms with Gasteiger partial charge in [0, 0.05) is 18.1 Å². The number of carbonyl (C=O) groups is 2. The van der Waals surface area contributed by atoms with Gasteiger partial charge in [0.05, 0.1) is 0 Å². The van der Waals surface area contributed by atoms with Crippen LogP contribution in [0.1, 0.15) is 27.9 Å². The molecule has 6 nitrogen and oxygen atoms in total. The van der Waals surface area contributed by atoms with Crippen LogP contribution < -0.4 is 15.5 Å². The normalized spacial score (nSPS) is 11.6. The Morgan fingerprint density at radius 2 is 1.55 bits per heavy atom. The molecule has 158 valence electrons. The summed E-state index contributed by atoms with van der Waals surface area (Å²) in [4.78, 5) is 23.9. The maximum atomic E-state index is 12.5. The Labute approximate surface area is 181 Å². The number of nitrogens with one attached hydrogen (secondary N) is 2. The molecule has 3 N–H and O–H groups in total. The van der Waals surface area contributed by atoms with Gasteiger partial charge in [-0.25, -0.2) is 5.48 Å². The number of hydroxylamine groups is 1. The molecule has 0 radical (unpaired) electrons. The van der Waals surface area contributed by atoms with Gasteiger partial charge in [-0.2, -0.15) is 0 Å². The predicted molar refractivity (Wildman–Crippen MR) is 118 cm³/mol. The third kappa shape index (κ3) is 7.13. The molecule has 0 bridgehead atoms. The molecule has 6 heteroatoms. The number of amides is 2. The summed E-state index contributed by atoms with van der Waals surface area (Å²) in [7, 11) is 0. The molecule has 0 aromatic heterocycles. The van der Waals surface area contributed by atoms with Crippen LogP contribution in [-0.4, -0.2) is 23.2 Å². The molecular formula is C25H24N2O4. The van der Waals surface area contributed by atoms with E-state index >= 15 is 0 Å². The zero-order valence-electron chi connectivity index (χ0n) is 16.9. The van der Waals surface area contributed by atoms with Crippen LogP contribution in [0.3, 0.4) is 0 Å². The van der Waals surface area contributed by atoms with Crippen LogP contribution >= 0.6 is 0 Å². The fourth-order valence-electron chi connectivity index (χ4n) is 2.96. The van der Waals surface area contributed by atoms with Gasteiger partial charge in [0.1, 0.15) is 5.75 Å². The van der Waals surface area contributed by atoms with E-state index in [0.717, 1.165) is 17.5 Å². The van der Waals surface area contributed by atoms with Crippen LogP contribution in [0.4, 0.5) is 0 Å². The number of aryl methyl sites for hydroxylation is 1. The minimum absolute atomic E-state index is 0.266. The summed E-state index contributed by atoms with van der Waals surface area (Å²) in [5.41, 5.74) is 3.95. The van der Waals surface area contributed by atoms with Crippen molar-refractivity contribution in [3.05, 3.63) is 108 Å². The summed E-state index contributed by atoms with van der Waals surface area (Å²) in [5, 5.41) is 11.6. The molecule has 0 saturated heterocycles. The lowest BCUT2D eigenvalue weighted by atomic mass is 10.1. The first-order valence-electron chi connectivity index (χ1n) is 9.93. The second kappa shape index (κ2) is 11.3. The average molecular weight is 416 g/mol. The van der Waals surface area contributed by atoms with Crippen molar-refractivity contribution in [2.24, 2.45) is 0 Å². The van der Waals surface area contributed by atoms with Gasteiger partial charge in [0.2, 0.25) is 5.91 Å². The van der Waals surface area contributed by atoms with Gasteiger partial charge in [-0.05, 0) is 47.9 Å². The molecule has 31 heavy (non-hydrogen) atoms. The highest BCUT2D eigenvalue weighted by Crippen LogP contribution is 2.16. The average Bonchev–Trinajstić information content (AvgIpc) is 2.82. The lowest BCUT2D eigenvalue weighted by molar-refractivity contribution is -0.118. The van der Waals surface area contributed by atoms with E-state index in [0.29, 0.717) is 17.7 Å². The van der Waals surface area contributed by atoms with Crippen molar-refractivity contribution in [3.63, 3.8) is 0 Å². The Kier molecular flexibility index (Phi) is 7.97. The SMILES string of the molecule is O=C(/C=C/c1ccccc1)NC(CCc1ccccc1)Oc1ccc(C(=O)NO)cc1. The highest BCUT2D eigenvalue weighted by molar-refractivity contribution is 5.93. The summed E-state index contributed by atoms with van der Waals surface area (Å²) in [6.45, 7) is 0. The molecule has 3 aromatic carbocycles. The third-order valence-corrected chi connectivity index (χ3v) is 4.56. The molecular weight excluding hydrogens is 392 g/mol. The molecule has 3 aromatic rings. The number of rotatable bonds is 9. The molecule has 0 aliphatic rings. The topological polar surface area (TPSA) is 87.7 Å². The van der Waals surface area contributed by atoms with E-state index in [1.807, 2.05) is 60.7 Å². The van der Waals surface area contributed by atoms with Crippen molar-refractivity contribution < 1.29 is 19.5 Å². The molecule has 0 heterocycles. The Bertz CT molecular complexity index is 1000. The van der Waals surface area contributed by atoms with Crippen molar-refractivity contribution >= 4 is 17.9 Å². The van der Waals surface area contributed by atoms with E-state index in [-0.39, 0.29) is 5.91 Å². The quantitative estimate of drug-likeness (QED) is 0.213. The molecule has 1 atom stereocenters. The van der Waals surface area contributed by atoms with Crippen LogP contribution in [0, 0.1) is 0 Å². The summed E-state index contributed by atoms with van der Waals surface area (Å²) >= 11 is 0. The van der Waals surface area contributed by atoms with Crippen LogP contribution in [0.2, 0.25) is 0 Å². The lowest BCUT2D eigenvalue weighted by Gasteiger charge is -2.20. The van der Waals surface area contributed by atoms with Gasteiger partial charge >= 0.3 is 0 Å². The zero-order valence-corrected chi connectivity index (χ0v) is 16.9. The first-order valence-corrected chi connectivity index (χ1v) is 9.93. The highest BCUT2D eigenvalue weighted by Gasteiger charge is 2.14. The summed E-state index contributed by atoms with van der Waals surface area (Å²) < 4.78 is 5.97. The van der Waals surface area contributed by atoms with Gasteiger partial charge in [-0.3, -0.25) is 14.8 Å². The first-order chi connectivity index (χ1) is 15.1. The number of benzene rings is 3. The largest absolute Gasteiger partial charge is 0.471 e. The Morgan fingerprint density at radius 3 is 2.19 bits per heavy atom. The molecule has 0 fully saturated rings. The molecule has 2 amide bonds. The maximum absolute atomic E-state index is 12.5. The first kappa shape index (κ1) is 21.8. The fourth-order valence-corrected chi connectivity index (χ4v) is 2.96. The second-order valence-corrected chi connectivity index (χ2v) is 6.85. The number of hydrogen-bond donors (Lipinski definition) is 3. The molecule has 1 unspecified atom stereocenters. The fraction of sp³-hybridized carbons (Fsp3) is 0.120. The number of ether oxygens (including phenoxy) is 1. The molecule has 0 spiro atoms. The van der Waals surface area contributed by atoms with Crippen LogP contribution in [0.5, 0.6) is 5.75 Å². The smallest absolute Gasteiger partial charge is 0.274 e. The number of hydrogen-bond acceptors (Lipinski definition) is 4. The zero-order chi connectivity index (χ0) is 21.9. The van der Waals surface area contributed by atoms with Gasteiger partial charge in [0.25, 0.3) is 5.91 Å². The van der Waals surface area contributed by atoms with Gasteiger partial charge < -0.3 is 10.1 Å². The minimum atomic E-state index is -0.605. The van der Waals surface area contributed by atoms with E-state index in [1.165, 1.54) is 18.2 Å². The van der Waals surface area contributed by atoms with Gasteiger partial charge in [-0.1, -0.05) is 60.7 Å². The van der Waals surface area contributed by atoms with E-state index < -0.39 is 12.1 Å². The maximum Gasteiger partial charge on any atom is 0.274 e. The summed E-state index contributed by atoms with van der Waals surface area (Å²) in [6, 6.07) is 25.8. The molecule has 3 rings (SSSR count). The van der Waals surface area contributed by atoms with E-state index in [2.05, 4.69) is 5.32 Å². The summed E-state index contributed by atoms with van der Waals surface area (Å²) in [6.07, 6.45) is 3.94. The summed E-state index contributed by atoms with van der Waals surface area (Å²) in [5.74, 6) is -0.371. The van der Waals surface area contributed by atoms with Crippen LogP contribution in [0.25, 0.3) is 6.08 Å². The van der Waals surface area contributed by atoms with Gasteiger partial charge in [-0.15, -0.1) is 0 Å². The Morgan fingerprint density at radius 1 is 0.903 bits per heavy atom. The van der Waals surface area contributed by atoms with Crippen LogP contribution in [0.15, 0.2) is 91.0 Å². The molecule has 0 aliphatic heterocycles. The van der Waals surface area contributed by atoms with E-state index in [9.17, 15) is 9.59 Å². The lowest BCUT2D eigenvalue weighted by Crippen LogP contribution is -2.38. The van der Waals surface area contributed by atoms with E-state index in [1.54, 1.807) is 23.7 Å². The number of carbonyl (C=O) groups excluding carboxylic acids is 2. The van der Waals surface area contributed by atoms with Gasteiger partial charge in [0.15, 0.2) is 6.23 Å². The molecule has 0 aliphatic carbocycles. The standard InChI is InChI=1S/C25H24N2O4/c28-23(17-11-19-7-3-1-4-8-19)26-24(18-12-20-9-5-2-6-10-20)31-22-15-13-21(14-16-22)25(29)27-30/h1-11,13-17,24,30H,12,18H2,(H,26,28)(H,27,29)/b17-11+. The third-order valence-electron chi connectivity index (χ3n) is 4.56. The highest BCUT2D eigenvalue weighted by atomic mass is 16.5. The van der Waals surface area contributed by atoms with E-state index in [4.69, 9.17) is 9.94 Å². The van der Waals surface area contributed by atoms with Crippen molar-refractivity contribution in [2.75, 3.05) is 0 Å². The minimum Gasteiger partial charge on any atom is -0.471 e. The monoisotopic (exact) mass is 416 g/mol. The Balaban J connectivity index is 1.67. The van der Waals surface area contributed by atoms with Crippen molar-refractivity contribution in [1.29, 1.82) is 0 Å². The van der Waals surface area contributed by atoms with Crippen molar-refractivity contribution in [2.45, 2.75) is 19.1 Å². The van der Waals surface area contributed by atoms with Crippen LogP contribution in [-0.2, 0) is 11.2 Å². The predicted octanol–water partition coefficient (Wildman–Crippen LogP) is 3.97. The molecule has 0 saturated carbocycles. The second-order valence-electron chi connectivity index (χ2n) is 6.85. The Hall–Kier alpha value is -3.90. The van der Waals surface area contributed by atoms with Crippen molar-refractivity contribution in [1.82, 2.24) is 10.8 Å². The van der Waals surface area contributed by atoms with Crippen molar-refractivity contribution in [3.8, 4) is 5.75 Å².